The van der Waals surface area contributed by atoms with Crippen molar-refractivity contribution >= 4 is 17.9 Å². The molecule has 6 unspecified atom stereocenters. The summed E-state index contributed by atoms with van der Waals surface area (Å²) >= 11 is 0. The summed E-state index contributed by atoms with van der Waals surface area (Å²) in [5.74, 6) is -2.53. The van der Waals surface area contributed by atoms with Gasteiger partial charge in [-0.1, -0.05) is 112 Å². The van der Waals surface area contributed by atoms with E-state index < -0.39 is 61.3 Å². The van der Waals surface area contributed by atoms with E-state index in [2.05, 4.69) is 86.8 Å². The van der Waals surface area contributed by atoms with Gasteiger partial charge in [0, 0.05) is 12.8 Å². The van der Waals surface area contributed by atoms with E-state index in [9.17, 15) is 34.8 Å². The Morgan fingerprint density at radius 3 is 1.69 bits per heavy atom. The number of hydrogen-bond acceptors (Lipinski definition) is 10. The third-order valence-electron chi connectivity index (χ3n) is 8.52. The number of aliphatic hydroxyl groups excluding tert-OH is 3. The molecule has 0 aromatic heterocycles. The number of ether oxygens (including phenoxy) is 4. The summed E-state index contributed by atoms with van der Waals surface area (Å²) in [7, 11) is 0. The summed E-state index contributed by atoms with van der Waals surface area (Å²) in [5.41, 5.74) is 0. The van der Waals surface area contributed by atoms with Crippen LogP contribution >= 0.6 is 0 Å². The second-order valence-electron chi connectivity index (χ2n) is 13.4. The van der Waals surface area contributed by atoms with Gasteiger partial charge in [0.2, 0.25) is 0 Å². The number of carboxylic acids is 1. The standard InChI is InChI=1S/C43H68O11/c1-3-5-7-9-11-13-15-17-18-20-21-23-25-27-29-31-36(44)51-33-35(34-52-43-40(48)38(46)39(47)41(54-43)42(49)50)53-37(45)32-30-28-26-24-22-19-16-14-12-10-8-6-4-2/h5,7-8,10-11,13-14,16-18,21,23,35,38-41,43,46-48H,3-4,6,9,12,15,19-20,22,24-34H2,1-2H3,(H,49,50)/b7-5-,10-8-,13-11-,16-14-,18-17-,23-21-. The van der Waals surface area contributed by atoms with E-state index in [1.54, 1.807) is 0 Å². The summed E-state index contributed by atoms with van der Waals surface area (Å²) in [5, 5.41) is 39.7. The minimum absolute atomic E-state index is 0.153. The average Bonchev–Trinajstić information content (AvgIpc) is 3.15. The van der Waals surface area contributed by atoms with Crippen LogP contribution in [0.5, 0.6) is 0 Å². The van der Waals surface area contributed by atoms with Crippen molar-refractivity contribution in [3.8, 4) is 0 Å². The van der Waals surface area contributed by atoms with Crippen molar-refractivity contribution in [2.24, 2.45) is 0 Å². The molecule has 1 fully saturated rings. The number of rotatable bonds is 31. The van der Waals surface area contributed by atoms with E-state index >= 15 is 0 Å². The van der Waals surface area contributed by atoms with Crippen LogP contribution in [-0.2, 0) is 33.3 Å². The van der Waals surface area contributed by atoms with Crippen LogP contribution in [0.4, 0.5) is 0 Å². The second-order valence-corrected chi connectivity index (χ2v) is 13.4. The van der Waals surface area contributed by atoms with Gasteiger partial charge >= 0.3 is 17.9 Å². The molecule has 1 heterocycles. The molecule has 11 heteroatoms. The lowest BCUT2D eigenvalue weighted by molar-refractivity contribution is -0.298. The Morgan fingerprint density at radius 2 is 1.09 bits per heavy atom. The maximum Gasteiger partial charge on any atom is 0.335 e. The van der Waals surface area contributed by atoms with E-state index in [0.29, 0.717) is 12.8 Å². The number of carboxylic acid groups (broad SMARTS) is 1. The second kappa shape index (κ2) is 33.0. The van der Waals surface area contributed by atoms with Crippen molar-refractivity contribution in [2.45, 2.75) is 166 Å². The van der Waals surface area contributed by atoms with Gasteiger partial charge < -0.3 is 39.4 Å². The molecule has 0 saturated carbocycles. The van der Waals surface area contributed by atoms with Crippen LogP contribution < -0.4 is 0 Å². The Balaban J connectivity index is 2.48. The molecule has 306 valence electrons. The molecular weight excluding hydrogens is 692 g/mol. The van der Waals surface area contributed by atoms with Crippen LogP contribution in [-0.4, -0.2) is 88.4 Å². The largest absolute Gasteiger partial charge is 0.479 e. The third-order valence-corrected chi connectivity index (χ3v) is 8.52. The fourth-order valence-corrected chi connectivity index (χ4v) is 5.38. The molecule has 0 bridgehead atoms. The highest BCUT2D eigenvalue weighted by Gasteiger charge is 2.47. The maximum atomic E-state index is 12.7. The fraction of sp³-hybridized carbons (Fsp3) is 0.651. The number of esters is 2. The SMILES string of the molecule is CC/C=C\C/C=C\C/C=C\C/C=C\CCCCC(=O)OCC(COC1OC(C(=O)O)C(O)C(O)C1O)OC(=O)CCCCCCC/C=C\C/C=C\CCC. The summed E-state index contributed by atoms with van der Waals surface area (Å²) in [6, 6.07) is 0. The van der Waals surface area contributed by atoms with E-state index in [1.807, 2.05) is 0 Å². The average molecular weight is 761 g/mol. The summed E-state index contributed by atoms with van der Waals surface area (Å²) in [4.78, 5) is 36.7. The van der Waals surface area contributed by atoms with Gasteiger partial charge in [0.05, 0.1) is 6.61 Å². The van der Waals surface area contributed by atoms with Crippen LogP contribution in [0, 0.1) is 0 Å². The highest BCUT2D eigenvalue weighted by atomic mass is 16.7. The predicted octanol–water partition coefficient (Wildman–Crippen LogP) is 7.75. The minimum Gasteiger partial charge on any atom is -0.479 e. The molecule has 0 aromatic carbocycles. The molecule has 0 radical (unpaired) electrons. The van der Waals surface area contributed by atoms with Crippen molar-refractivity contribution in [3.05, 3.63) is 72.9 Å². The van der Waals surface area contributed by atoms with Crippen LogP contribution in [0.1, 0.15) is 129 Å². The van der Waals surface area contributed by atoms with E-state index in [0.717, 1.165) is 89.9 Å². The number of carbonyl (C=O) groups excluding carboxylic acids is 2. The monoisotopic (exact) mass is 760 g/mol. The zero-order chi connectivity index (χ0) is 39.7. The van der Waals surface area contributed by atoms with Crippen LogP contribution in [0.25, 0.3) is 0 Å². The Kier molecular flexibility index (Phi) is 29.8. The van der Waals surface area contributed by atoms with Crippen molar-refractivity contribution in [3.63, 3.8) is 0 Å². The lowest BCUT2D eigenvalue weighted by atomic mass is 9.99. The quantitative estimate of drug-likeness (QED) is 0.0310. The lowest BCUT2D eigenvalue weighted by Crippen LogP contribution is -2.60. The van der Waals surface area contributed by atoms with Crippen molar-refractivity contribution in [2.75, 3.05) is 13.2 Å². The maximum absolute atomic E-state index is 12.7. The summed E-state index contributed by atoms with van der Waals surface area (Å²) < 4.78 is 21.6. The zero-order valence-electron chi connectivity index (χ0n) is 32.7. The molecule has 1 rings (SSSR count). The molecule has 1 aliphatic rings. The summed E-state index contributed by atoms with van der Waals surface area (Å²) in [6.45, 7) is 3.55. The fourth-order valence-electron chi connectivity index (χ4n) is 5.38. The molecule has 11 nitrogen and oxygen atoms in total. The van der Waals surface area contributed by atoms with E-state index in [-0.39, 0.29) is 19.4 Å². The number of carbonyl (C=O) groups is 3. The Bertz CT molecular complexity index is 1170. The number of hydrogen-bond donors (Lipinski definition) is 4. The van der Waals surface area contributed by atoms with Crippen LogP contribution in [0.3, 0.4) is 0 Å². The lowest BCUT2D eigenvalue weighted by Gasteiger charge is -2.38. The van der Waals surface area contributed by atoms with Crippen LogP contribution in [0.15, 0.2) is 72.9 Å². The van der Waals surface area contributed by atoms with Gasteiger partial charge in [-0.3, -0.25) is 9.59 Å². The molecule has 0 aromatic rings. The van der Waals surface area contributed by atoms with Gasteiger partial charge in [-0.15, -0.1) is 0 Å². The molecule has 1 aliphatic heterocycles. The van der Waals surface area contributed by atoms with Gasteiger partial charge in [0.25, 0.3) is 0 Å². The highest BCUT2D eigenvalue weighted by Crippen LogP contribution is 2.23. The van der Waals surface area contributed by atoms with Crippen LogP contribution in [0.2, 0.25) is 0 Å². The Labute approximate surface area is 323 Å². The van der Waals surface area contributed by atoms with Gasteiger partial charge in [0.15, 0.2) is 18.5 Å². The third kappa shape index (κ3) is 24.9. The number of unbranched alkanes of at least 4 members (excludes halogenated alkanes) is 8. The molecule has 54 heavy (non-hydrogen) atoms. The van der Waals surface area contributed by atoms with Crippen molar-refractivity contribution in [1.82, 2.24) is 0 Å². The number of allylic oxidation sites excluding steroid dienone is 12. The molecule has 0 aliphatic carbocycles. The van der Waals surface area contributed by atoms with Gasteiger partial charge in [-0.2, -0.15) is 0 Å². The smallest absolute Gasteiger partial charge is 0.335 e. The van der Waals surface area contributed by atoms with E-state index in [1.165, 1.54) is 0 Å². The minimum atomic E-state index is -1.87. The predicted molar refractivity (Wildman–Crippen MR) is 210 cm³/mol. The van der Waals surface area contributed by atoms with E-state index in [4.69, 9.17) is 18.9 Å². The van der Waals surface area contributed by atoms with Gasteiger partial charge in [-0.25, -0.2) is 4.79 Å². The molecule has 4 N–H and O–H groups in total. The Morgan fingerprint density at radius 1 is 0.593 bits per heavy atom. The molecule has 0 amide bonds. The number of aliphatic carboxylic acids is 1. The highest BCUT2D eigenvalue weighted by molar-refractivity contribution is 5.73. The molecular formula is C43H68O11. The first-order chi connectivity index (χ1) is 26.2. The topological polar surface area (TPSA) is 169 Å². The van der Waals surface area contributed by atoms with Crippen molar-refractivity contribution in [1.29, 1.82) is 0 Å². The first-order valence-electron chi connectivity index (χ1n) is 20.0. The first-order valence-corrected chi connectivity index (χ1v) is 20.0. The molecule has 1 saturated heterocycles. The van der Waals surface area contributed by atoms with Crippen molar-refractivity contribution < 1.29 is 53.8 Å². The zero-order valence-corrected chi connectivity index (χ0v) is 32.7. The Hall–Kier alpha value is -3.35. The van der Waals surface area contributed by atoms with Gasteiger partial charge in [-0.05, 0) is 77.0 Å². The molecule has 0 spiro atoms. The van der Waals surface area contributed by atoms with Gasteiger partial charge in [0.1, 0.15) is 24.9 Å². The summed E-state index contributed by atoms with van der Waals surface area (Å²) in [6.07, 6.45) is 31.1. The number of aliphatic hydroxyl groups is 3. The molecule has 6 atom stereocenters. The first kappa shape index (κ1) is 48.7. The normalized spacial score (nSPS) is 21.4.